The van der Waals surface area contributed by atoms with E-state index in [1.165, 1.54) is 7.11 Å². The number of rotatable bonds is 4. The number of esters is 1. The van der Waals surface area contributed by atoms with Crippen LogP contribution in [0.4, 0.5) is 5.69 Å². The van der Waals surface area contributed by atoms with E-state index in [-0.39, 0.29) is 12.0 Å². The number of hydrogen-bond acceptors (Lipinski definition) is 5. The third-order valence-electron chi connectivity index (χ3n) is 5.58. The van der Waals surface area contributed by atoms with Crippen LogP contribution in [0.2, 0.25) is 0 Å². The van der Waals surface area contributed by atoms with Gasteiger partial charge in [0.2, 0.25) is 0 Å². The smallest absolute Gasteiger partial charge is 0.337 e. The number of carbonyl (C=O) groups is 1. The summed E-state index contributed by atoms with van der Waals surface area (Å²) < 4.78 is 13.3. The maximum absolute atomic E-state index is 11.9. The third kappa shape index (κ3) is 4.05. The summed E-state index contributed by atoms with van der Waals surface area (Å²) in [6.07, 6.45) is 4.25. The van der Waals surface area contributed by atoms with Crippen LogP contribution < -0.4 is 9.64 Å². The Morgan fingerprint density at radius 1 is 1.06 bits per heavy atom. The average molecular weight is 560 g/mol. The van der Waals surface area contributed by atoms with Gasteiger partial charge in [0.25, 0.3) is 0 Å². The van der Waals surface area contributed by atoms with E-state index in [4.69, 9.17) is 9.47 Å². The molecule has 1 unspecified atom stereocenters. The first-order chi connectivity index (χ1) is 15.2. The van der Waals surface area contributed by atoms with Gasteiger partial charge in [0, 0.05) is 45.8 Å². The Balaban J connectivity index is 1.95. The van der Waals surface area contributed by atoms with E-state index in [0.717, 1.165) is 48.4 Å². The van der Waals surface area contributed by atoms with Gasteiger partial charge in [0.15, 0.2) is 0 Å². The molecule has 0 aromatic heterocycles. The first-order valence-corrected chi connectivity index (χ1v) is 11.7. The largest absolute Gasteiger partial charge is 0.465 e. The van der Waals surface area contributed by atoms with Crippen LogP contribution in [-0.4, -0.2) is 52.2 Å². The molecule has 0 fully saturated rings. The number of allylic oxidation sites excluding steroid dienone is 1. The number of fused-ring (bicyclic) bond motifs is 2. The lowest BCUT2D eigenvalue weighted by Crippen LogP contribution is -2.30. The van der Waals surface area contributed by atoms with Gasteiger partial charge in [-0.25, -0.2) is 4.79 Å². The Morgan fingerprint density at radius 3 is 2.34 bits per heavy atom. The van der Waals surface area contributed by atoms with E-state index in [1.807, 2.05) is 45.2 Å². The molecule has 1 heterocycles. The van der Waals surface area contributed by atoms with E-state index >= 15 is 0 Å². The highest BCUT2D eigenvalue weighted by Gasteiger charge is 2.31. The fourth-order valence-corrected chi connectivity index (χ4v) is 5.39. The lowest BCUT2D eigenvalue weighted by atomic mass is 9.86. The van der Waals surface area contributed by atoms with Crippen LogP contribution in [0.1, 0.15) is 21.5 Å². The second kappa shape index (κ2) is 8.89. The zero-order valence-corrected chi connectivity index (χ0v) is 21.7. The minimum Gasteiger partial charge on any atom is -0.465 e. The first kappa shape index (κ1) is 22.8. The van der Waals surface area contributed by atoms with Crippen molar-refractivity contribution in [3.8, 4) is 5.75 Å². The summed E-state index contributed by atoms with van der Waals surface area (Å²) in [5, 5.41) is 0. The van der Waals surface area contributed by atoms with Crippen LogP contribution in [0.25, 0.3) is 5.57 Å². The maximum Gasteiger partial charge on any atom is 0.337 e. The van der Waals surface area contributed by atoms with Crippen molar-refractivity contribution in [2.45, 2.75) is 6.04 Å². The van der Waals surface area contributed by atoms with E-state index in [0.29, 0.717) is 5.56 Å². The minimum absolute atomic E-state index is 0.0852. The van der Waals surface area contributed by atoms with Gasteiger partial charge in [-0.2, -0.15) is 0 Å². The molecule has 2 aromatic rings. The number of halogens is 2. The standard InChI is InChI=1S/C25H24Br2N2O3/c1-28(2)20-12-22-16(10-18(20)26)24(14-6-8-15(9-7-14)25(30)31-5)17-11-19(27)21(29(3)4)13-23(17)32-22/h6-13,20H,1-5H3. The minimum atomic E-state index is -0.352. The zero-order chi connectivity index (χ0) is 23.2. The Morgan fingerprint density at radius 2 is 1.75 bits per heavy atom. The monoisotopic (exact) mass is 558 g/mol. The van der Waals surface area contributed by atoms with Crippen molar-refractivity contribution in [3.63, 3.8) is 0 Å². The van der Waals surface area contributed by atoms with Crippen molar-refractivity contribution in [2.75, 3.05) is 40.2 Å². The molecular weight excluding hydrogens is 536 g/mol. The van der Waals surface area contributed by atoms with Crippen molar-refractivity contribution in [2.24, 2.45) is 0 Å². The molecule has 0 saturated heterocycles. The van der Waals surface area contributed by atoms with Crippen LogP contribution in [0.15, 0.2) is 68.8 Å². The van der Waals surface area contributed by atoms with Crippen LogP contribution in [0, 0.1) is 0 Å². The van der Waals surface area contributed by atoms with Gasteiger partial charge in [-0.15, -0.1) is 0 Å². The molecule has 5 nitrogen and oxygen atoms in total. The van der Waals surface area contributed by atoms with Crippen LogP contribution in [0.3, 0.4) is 0 Å². The van der Waals surface area contributed by atoms with E-state index in [2.05, 4.69) is 61.0 Å². The van der Waals surface area contributed by atoms with Crippen molar-refractivity contribution >= 4 is 49.1 Å². The normalized spacial score (nSPS) is 17.2. The summed E-state index contributed by atoms with van der Waals surface area (Å²) >= 11 is 7.47. The van der Waals surface area contributed by atoms with E-state index in [1.54, 1.807) is 12.1 Å². The highest BCUT2D eigenvalue weighted by molar-refractivity contribution is 9.11. The van der Waals surface area contributed by atoms with Gasteiger partial charge in [-0.05, 0) is 65.9 Å². The summed E-state index contributed by atoms with van der Waals surface area (Å²) in [6, 6.07) is 11.7. The average Bonchev–Trinajstić information content (AvgIpc) is 2.76. The lowest BCUT2D eigenvalue weighted by molar-refractivity contribution is 0.0600. The van der Waals surface area contributed by atoms with Crippen molar-refractivity contribution in [1.29, 1.82) is 0 Å². The molecule has 0 spiro atoms. The van der Waals surface area contributed by atoms with Crippen molar-refractivity contribution in [1.82, 2.24) is 4.90 Å². The summed E-state index contributed by atoms with van der Waals surface area (Å²) in [6.45, 7) is 0. The maximum atomic E-state index is 11.9. The summed E-state index contributed by atoms with van der Waals surface area (Å²) in [5.74, 6) is 1.26. The first-order valence-electron chi connectivity index (χ1n) is 10.1. The molecule has 7 heteroatoms. The molecule has 0 amide bonds. The second-order valence-corrected chi connectivity index (χ2v) is 9.89. The van der Waals surface area contributed by atoms with Gasteiger partial charge in [0.05, 0.1) is 24.4 Å². The molecule has 32 heavy (non-hydrogen) atoms. The SMILES string of the molecule is COC(=O)c1ccc(C2=C3C=C(Br)C(N(C)C)C=C3Oc3cc(N(C)C)c(Br)cc32)cc1. The highest BCUT2D eigenvalue weighted by Crippen LogP contribution is 2.47. The predicted molar refractivity (Wildman–Crippen MR) is 135 cm³/mol. The van der Waals surface area contributed by atoms with Crippen LogP contribution in [0.5, 0.6) is 5.75 Å². The lowest BCUT2D eigenvalue weighted by Gasteiger charge is -2.32. The molecule has 1 aliphatic carbocycles. The molecule has 1 atom stereocenters. The molecule has 2 aromatic carbocycles. The molecule has 0 bridgehead atoms. The molecule has 4 rings (SSSR count). The molecule has 0 N–H and O–H groups in total. The molecule has 166 valence electrons. The number of ether oxygens (including phenoxy) is 2. The topological polar surface area (TPSA) is 42.0 Å². The number of methoxy groups -OCH3 is 1. The number of likely N-dealkylation sites (N-methyl/N-ethyl adjacent to an activating group) is 1. The van der Waals surface area contributed by atoms with Gasteiger partial charge in [-0.3, -0.25) is 4.90 Å². The number of anilines is 1. The van der Waals surface area contributed by atoms with Gasteiger partial charge in [-0.1, -0.05) is 28.1 Å². The Hall–Kier alpha value is -2.35. The number of carbonyl (C=O) groups excluding carboxylic acids is 1. The summed E-state index contributed by atoms with van der Waals surface area (Å²) in [7, 11) is 9.47. The molecule has 1 aliphatic heterocycles. The summed E-state index contributed by atoms with van der Waals surface area (Å²) in [4.78, 5) is 16.1. The van der Waals surface area contributed by atoms with Gasteiger partial charge in [0.1, 0.15) is 11.5 Å². The van der Waals surface area contributed by atoms with Crippen LogP contribution >= 0.6 is 31.9 Å². The number of nitrogens with zero attached hydrogens (tertiary/aromatic N) is 2. The molecular formula is C25H24Br2N2O3. The van der Waals surface area contributed by atoms with Crippen LogP contribution in [-0.2, 0) is 4.74 Å². The highest BCUT2D eigenvalue weighted by atomic mass is 79.9. The number of benzene rings is 2. The van der Waals surface area contributed by atoms with E-state index < -0.39 is 0 Å². The zero-order valence-electron chi connectivity index (χ0n) is 18.6. The fraction of sp³-hybridized carbons (Fsp3) is 0.240. The second-order valence-electron chi connectivity index (χ2n) is 8.12. The summed E-state index contributed by atoms with van der Waals surface area (Å²) in [5.41, 5.74) is 5.58. The molecule has 0 saturated carbocycles. The quantitative estimate of drug-likeness (QED) is 0.456. The molecule has 0 radical (unpaired) electrons. The Bertz CT molecular complexity index is 1180. The number of hydrogen-bond donors (Lipinski definition) is 0. The molecule has 2 aliphatic rings. The Kier molecular flexibility index (Phi) is 6.34. The van der Waals surface area contributed by atoms with Crippen molar-refractivity contribution < 1.29 is 14.3 Å². The fourth-order valence-electron chi connectivity index (χ4n) is 3.92. The third-order valence-corrected chi connectivity index (χ3v) is 6.91. The van der Waals surface area contributed by atoms with Gasteiger partial charge >= 0.3 is 5.97 Å². The predicted octanol–water partition coefficient (Wildman–Crippen LogP) is 5.60. The van der Waals surface area contributed by atoms with Gasteiger partial charge < -0.3 is 14.4 Å². The van der Waals surface area contributed by atoms with E-state index in [9.17, 15) is 4.79 Å². The van der Waals surface area contributed by atoms with Crippen molar-refractivity contribution in [3.05, 3.63) is 85.5 Å². The Labute approximate surface area is 205 Å².